The van der Waals surface area contributed by atoms with E-state index in [9.17, 15) is 4.79 Å². The van der Waals surface area contributed by atoms with Gasteiger partial charge in [0.25, 0.3) is 0 Å². The van der Waals surface area contributed by atoms with E-state index in [4.69, 9.17) is 4.74 Å². The molecule has 0 aliphatic carbocycles. The zero-order chi connectivity index (χ0) is 13.9. The van der Waals surface area contributed by atoms with E-state index >= 15 is 0 Å². The number of aromatic nitrogens is 2. The molecule has 100 valence electrons. The number of nitrogens with zero attached hydrogens (tertiary/aromatic N) is 2. The standard InChI is InChI=1S/C15H12N2O3/c1-19-15(18)11-5-7-12(8-6-11)20-14-4-2-3-13-16-9-10-17(13)14/h2-10H,1H3. The summed E-state index contributed by atoms with van der Waals surface area (Å²) in [6.07, 6.45) is 3.54. The average Bonchev–Trinajstić information content (AvgIpc) is 2.97. The number of hydrogen-bond donors (Lipinski definition) is 0. The SMILES string of the molecule is COC(=O)c1ccc(Oc2cccc3nccn23)cc1. The smallest absolute Gasteiger partial charge is 0.337 e. The fourth-order valence-corrected chi connectivity index (χ4v) is 1.90. The van der Waals surface area contributed by atoms with Crippen molar-refractivity contribution in [3.05, 3.63) is 60.4 Å². The third-order valence-electron chi connectivity index (χ3n) is 2.89. The molecule has 0 aliphatic rings. The van der Waals surface area contributed by atoms with Gasteiger partial charge in [0, 0.05) is 12.4 Å². The first-order valence-corrected chi connectivity index (χ1v) is 6.06. The molecule has 5 heteroatoms. The largest absolute Gasteiger partial charge is 0.465 e. The minimum atomic E-state index is -0.367. The van der Waals surface area contributed by atoms with Crippen LogP contribution in [0.2, 0.25) is 0 Å². The summed E-state index contributed by atoms with van der Waals surface area (Å²) in [5.41, 5.74) is 1.30. The van der Waals surface area contributed by atoms with Crippen molar-refractivity contribution in [1.82, 2.24) is 9.38 Å². The number of fused-ring (bicyclic) bond motifs is 1. The molecule has 0 saturated heterocycles. The number of methoxy groups -OCH3 is 1. The Balaban J connectivity index is 1.88. The van der Waals surface area contributed by atoms with Crippen LogP contribution in [0.4, 0.5) is 0 Å². The van der Waals surface area contributed by atoms with Crippen LogP contribution in [0.15, 0.2) is 54.9 Å². The Morgan fingerprint density at radius 2 is 1.95 bits per heavy atom. The van der Waals surface area contributed by atoms with E-state index in [0.717, 1.165) is 5.65 Å². The van der Waals surface area contributed by atoms with E-state index in [1.807, 2.05) is 28.8 Å². The maximum atomic E-state index is 11.3. The number of carbonyl (C=O) groups is 1. The van der Waals surface area contributed by atoms with Crippen LogP contribution >= 0.6 is 0 Å². The molecule has 0 fully saturated rings. The molecule has 0 saturated carbocycles. The quantitative estimate of drug-likeness (QED) is 0.685. The average molecular weight is 268 g/mol. The van der Waals surface area contributed by atoms with Crippen LogP contribution in [0, 0.1) is 0 Å². The second-order valence-electron chi connectivity index (χ2n) is 4.14. The molecule has 3 rings (SSSR count). The molecule has 0 atom stereocenters. The maximum Gasteiger partial charge on any atom is 0.337 e. The van der Waals surface area contributed by atoms with E-state index in [0.29, 0.717) is 17.2 Å². The van der Waals surface area contributed by atoms with Gasteiger partial charge >= 0.3 is 5.97 Å². The first-order valence-electron chi connectivity index (χ1n) is 6.06. The highest BCUT2D eigenvalue weighted by molar-refractivity contribution is 5.89. The molecule has 0 unspecified atom stereocenters. The molecular formula is C15H12N2O3. The van der Waals surface area contributed by atoms with Gasteiger partial charge in [0.1, 0.15) is 11.4 Å². The highest BCUT2D eigenvalue weighted by Gasteiger charge is 2.06. The number of rotatable bonds is 3. The van der Waals surface area contributed by atoms with Crippen molar-refractivity contribution < 1.29 is 14.3 Å². The number of imidazole rings is 1. The lowest BCUT2D eigenvalue weighted by molar-refractivity contribution is 0.0600. The van der Waals surface area contributed by atoms with E-state index in [2.05, 4.69) is 9.72 Å². The fraction of sp³-hybridized carbons (Fsp3) is 0.0667. The monoisotopic (exact) mass is 268 g/mol. The van der Waals surface area contributed by atoms with Crippen molar-refractivity contribution in [2.45, 2.75) is 0 Å². The van der Waals surface area contributed by atoms with Gasteiger partial charge in [0.05, 0.1) is 12.7 Å². The van der Waals surface area contributed by atoms with Crippen LogP contribution in [0.5, 0.6) is 11.6 Å². The summed E-state index contributed by atoms with van der Waals surface area (Å²) in [7, 11) is 1.35. The lowest BCUT2D eigenvalue weighted by Gasteiger charge is -2.08. The molecule has 0 radical (unpaired) electrons. The van der Waals surface area contributed by atoms with Gasteiger partial charge in [-0.25, -0.2) is 9.78 Å². The summed E-state index contributed by atoms with van der Waals surface area (Å²) in [6, 6.07) is 12.4. The molecule has 1 aromatic carbocycles. The van der Waals surface area contributed by atoms with E-state index in [-0.39, 0.29) is 5.97 Å². The summed E-state index contributed by atoms with van der Waals surface area (Å²) < 4.78 is 12.3. The van der Waals surface area contributed by atoms with E-state index in [1.54, 1.807) is 30.5 Å². The van der Waals surface area contributed by atoms with Gasteiger partial charge in [-0.15, -0.1) is 0 Å². The molecule has 0 bridgehead atoms. The van der Waals surface area contributed by atoms with Crippen LogP contribution in [-0.2, 0) is 4.74 Å². The number of carbonyl (C=O) groups excluding carboxylic acids is 1. The zero-order valence-corrected chi connectivity index (χ0v) is 10.8. The zero-order valence-electron chi connectivity index (χ0n) is 10.8. The highest BCUT2D eigenvalue weighted by atomic mass is 16.5. The Labute approximate surface area is 115 Å². The van der Waals surface area contributed by atoms with Crippen molar-refractivity contribution in [2.24, 2.45) is 0 Å². The maximum absolute atomic E-state index is 11.3. The number of benzene rings is 1. The topological polar surface area (TPSA) is 52.8 Å². The second kappa shape index (κ2) is 5.05. The summed E-state index contributed by atoms with van der Waals surface area (Å²) in [5.74, 6) is 0.929. The molecule has 2 aromatic heterocycles. The van der Waals surface area contributed by atoms with E-state index in [1.165, 1.54) is 7.11 Å². The molecule has 0 spiro atoms. The Morgan fingerprint density at radius 1 is 1.15 bits per heavy atom. The third-order valence-corrected chi connectivity index (χ3v) is 2.89. The van der Waals surface area contributed by atoms with Crippen molar-refractivity contribution in [3.63, 3.8) is 0 Å². The van der Waals surface area contributed by atoms with Crippen LogP contribution < -0.4 is 4.74 Å². The third kappa shape index (κ3) is 2.21. The fourth-order valence-electron chi connectivity index (χ4n) is 1.90. The molecule has 20 heavy (non-hydrogen) atoms. The van der Waals surface area contributed by atoms with Crippen molar-refractivity contribution in [3.8, 4) is 11.6 Å². The summed E-state index contributed by atoms with van der Waals surface area (Å²) >= 11 is 0. The van der Waals surface area contributed by atoms with Crippen LogP contribution in [0.25, 0.3) is 5.65 Å². The van der Waals surface area contributed by atoms with Crippen molar-refractivity contribution >= 4 is 11.6 Å². The Bertz CT molecular complexity index is 747. The van der Waals surface area contributed by atoms with Gasteiger partial charge in [-0.1, -0.05) is 6.07 Å². The second-order valence-corrected chi connectivity index (χ2v) is 4.14. The highest BCUT2D eigenvalue weighted by Crippen LogP contribution is 2.22. The molecule has 0 N–H and O–H groups in total. The number of esters is 1. The summed E-state index contributed by atoms with van der Waals surface area (Å²) in [6.45, 7) is 0. The van der Waals surface area contributed by atoms with Gasteiger partial charge in [0.15, 0.2) is 0 Å². The summed E-state index contributed by atoms with van der Waals surface area (Å²) in [4.78, 5) is 15.5. The number of pyridine rings is 1. The molecular weight excluding hydrogens is 256 g/mol. The van der Waals surface area contributed by atoms with Gasteiger partial charge in [0.2, 0.25) is 5.88 Å². The van der Waals surface area contributed by atoms with Crippen LogP contribution in [0.1, 0.15) is 10.4 Å². The molecule has 0 aliphatic heterocycles. The van der Waals surface area contributed by atoms with Gasteiger partial charge < -0.3 is 9.47 Å². The van der Waals surface area contributed by atoms with Crippen LogP contribution in [-0.4, -0.2) is 22.5 Å². The Morgan fingerprint density at radius 3 is 2.70 bits per heavy atom. The van der Waals surface area contributed by atoms with Gasteiger partial charge in [-0.05, 0) is 36.4 Å². The summed E-state index contributed by atoms with van der Waals surface area (Å²) in [5, 5.41) is 0. The van der Waals surface area contributed by atoms with Gasteiger partial charge in [-0.3, -0.25) is 4.40 Å². The first-order chi connectivity index (χ1) is 9.78. The minimum absolute atomic E-state index is 0.367. The Kier molecular flexibility index (Phi) is 3.09. The normalized spacial score (nSPS) is 10.4. The molecule has 0 amide bonds. The van der Waals surface area contributed by atoms with Crippen molar-refractivity contribution in [1.29, 1.82) is 0 Å². The predicted octanol–water partition coefficient (Wildman–Crippen LogP) is 2.91. The lowest BCUT2D eigenvalue weighted by Crippen LogP contribution is -2.00. The predicted molar refractivity (Wildman–Crippen MR) is 73.0 cm³/mol. The number of ether oxygens (including phenoxy) is 2. The number of hydrogen-bond acceptors (Lipinski definition) is 4. The molecule has 5 nitrogen and oxygen atoms in total. The molecule has 2 heterocycles. The lowest BCUT2D eigenvalue weighted by atomic mass is 10.2. The van der Waals surface area contributed by atoms with Gasteiger partial charge in [-0.2, -0.15) is 0 Å². The minimum Gasteiger partial charge on any atom is -0.465 e. The Hall–Kier alpha value is -2.82. The van der Waals surface area contributed by atoms with Crippen LogP contribution in [0.3, 0.4) is 0 Å². The van der Waals surface area contributed by atoms with E-state index < -0.39 is 0 Å². The first kappa shape index (κ1) is 12.2. The molecule has 3 aromatic rings. The van der Waals surface area contributed by atoms with Crippen molar-refractivity contribution in [2.75, 3.05) is 7.11 Å².